The molecule has 0 aromatic heterocycles. The van der Waals surface area contributed by atoms with E-state index in [0.29, 0.717) is 12.2 Å². The summed E-state index contributed by atoms with van der Waals surface area (Å²) in [7, 11) is 1.76. The van der Waals surface area contributed by atoms with Crippen molar-refractivity contribution in [2.24, 2.45) is 0 Å². The number of benzene rings is 1. The number of piperazine rings is 1. The Morgan fingerprint density at radius 1 is 1.37 bits per heavy atom. The third-order valence-corrected chi connectivity index (χ3v) is 3.38. The maximum atomic E-state index is 12.1. The molecule has 0 spiro atoms. The highest BCUT2D eigenvalue weighted by Crippen LogP contribution is 2.22. The monoisotopic (exact) mass is 262 g/mol. The van der Waals surface area contributed by atoms with Gasteiger partial charge in [-0.3, -0.25) is 14.6 Å². The fraction of sp³-hybridized carbons (Fsp3) is 0.429. The van der Waals surface area contributed by atoms with Gasteiger partial charge in [0.2, 0.25) is 5.91 Å². The molecule has 19 heavy (non-hydrogen) atoms. The molecule has 2 rings (SSSR count). The van der Waals surface area contributed by atoms with E-state index in [1.54, 1.807) is 11.9 Å². The number of hydrogen-bond donors (Lipinski definition) is 1. The maximum absolute atomic E-state index is 12.1. The molecule has 1 saturated heterocycles. The van der Waals surface area contributed by atoms with Gasteiger partial charge in [-0.05, 0) is 31.2 Å². The van der Waals surface area contributed by atoms with Crippen molar-refractivity contribution < 1.29 is 14.7 Å². The van der Waals surface area contributed by atoms with Gasteiger partial charge in [0, 0.05) is 12.2 Å². The molecule has 1 aliphatic heterocycles. The summed E-state index contributed by atoms with van der Waals surface area (Å²) >= 11 is 0. The molecule has 1 fully saturated rings. The third kappa shape index (κ3) is 2.76. The molecule has 1 N–H and O–H groups in total. The second-order valence-electron chi connectivity index (χ2n) is 4.83. The van der Waals surface area contributed by atoms with Crippen molar-refractivity contribution >= 4 is 17.6 Å². The Labute approximate surface area is 112 Å². The fourth-order valence-electron chi connectivity index (χ4n) is 2.33. The molecule has 1 aromatic carbocycles. The molecule has 1 amide bonds. The highest BCUT2D eigenvalue weighted by molar-refractivity contribution is 6.01. The van der Waals surface area contributed by atoms with Gasteiger partial charge in [0.15, 0.2) is 0 Å². The van der Waals surface area contributed by atoms with Crippen molar-refractivity contribution in [1.82, 2.24) is 4.90 Å². The number of hydrogen-bond acceptors (Lipinski definition) is 3. The van der Waals surface area contributed by atoms with Crippen LogP contribution in [0.15, 0.2) is 24.3 Å². The predicted octanol–water partition coefficient (Wildman–Crippen LogP) is 0.981. The normalized spacial score (nSPS) is 20.6. The zero-order valence-corrected chi connectivity index (χ0v) is 11.2. The molecule has 1 aliphatic rings. The molecule has 0 aliphatic carbocycles. The second-order valence-corrected chi connectivity index (χ2v) is 4.83. The summed E-state index contributed by atoms with van der Waals surface area (Å²) in [6.45, 7) is 2.64. The van der Waals surface area contributed by atoms with E-state index in [1.807, 2.05) is 24.3 Å². The first-order valence-corrected chi connectivity index (χ1v) is 6.35. The summed E-state index contributed by atoms with van der Waals surface area (Å²) in [5.74, 6) is -1.15. The number of rotatable bonds is 3. The smallest absolute Gasteiger partial charge is 0.328 e. The number of aryl methyl sites for hydroxylation is 1. The molecular weight excluding hydrogens is 244 g/mol. The van der Waals surface area contributed by atoms with Crippen molar-refractivity contribution in [3.8, 4) is 0 Å². The largest absolute Gasteiger partial charge is 0.480 e. The van der Waals surface area contributed by atoms with Crippen LogP contribution in [0.5, 0.6) is 0 Å². The van der Waals surface area contributed by atoms with Gasteiger partial charge in [-0.1, -0.05) is 19.1 Å². The minimum absolute atomic E-state index is 0.176. The van der Waals surface area contributed by atoms with E-state index in [2.05, 4.69) is 6.92 Å². The summed E-state index contributed by atoms with van der Waals surface area (Å²) in [6, 6.07) is 6.68. The molecule has 0 radical (unpaired) electrons. The molecule has 1 atom stereocenters. The third-order valence-electron chi connectivity index (χ3n) is 3.38. The van der Waals surface area contributed by atoms with Crippen molar-refractivity contribution in [3.63, 3.8) is 0 Å². The first kappa shape index (κ1) is 13.5. The Hall–Kier alpha value is -1.88. The van der Waals surface area contributed by atoms with E-state index in [-0.39, 0.29) is 12.5 Å². The Morgan fingerprint density at radius 3 is 2.53 bits per heavy atom. The van der Waals surface area contributed by atoms with E-state index < -0.39 is 12.0 Å². The summed E-state index contributed by atoms with van der Waals surface area (Å²) in [5.41, 5.74) is 1.82. The zero-order valence-electron chi connectivity index (χ0n) is 11.2. The topological polar surface area (TPSA) is 60.9 Å². The number of amides is 1. The van der Waals surface area contributed by atoms with E-state index in [0.717, 1.165) is 12.0 Å². The van der Waals surface area contributed by atoms with Crippen LogP contribution in [0.4, 0.5) is 5.69 Å². The number of anilines is 1. The van der Waals surface area contributed by atoms with E-state index >= 15 is 0 Å². The molecule has 0 saturated carbocycles. The SMILES string of the molecule is CCc1ccc(N2C(=O)CN(C)CC2C(=O)O)cc1. The van der Waals surface area contributed by atoms with Crippen molar-refractivity contribution in [2.45, 2.75) is 19.4 Å². The Bertz CT molecular complexity index is 484. The molecular formula is C14H18N2O3. The van der Waals surface area contributed by atoms with Crippen LogP contribution in [-0.4, -0.2) is 48.1 Å². The summed E-state index contributed by atoms with van der Waals surface area (Å²) in [4.78, 5) is 26.6. The average molecular weight is 262 g/mol. The summed E-state index contributed by atoms with van der Waals surface area (Å²) in [6.07, 6.45) is 0.916. The maximum Gasteiger partial charge on any atom is 0.328 e. The Balaban J connectivity index is 2.32. The number of aliphatic carboxylic acids is 1. The fourth-order valence-corrected chi connectivity index (χ4v) is 2.33. The van der Waals surface area contributed by atoms with E-state index in [1.165, 1.54) is 4.90 Å². The lowest BCUT2D eigenvalue weighted by molar-refractivity contribution is -0.142. The molecule has 5 nitrogen and oxygen atoms in total. The predicted molar refractivity (Wildman–Crippen MR) is 72.2 cm³/mol. The summed E-state index contributed by atoms with van der Waals surface area (Å²) in [5, 5.41) is 9.29. The van der Waals surface area contributed by atoms with Crippen LogP contribution in [0.3, 0.4) is 0 Å². The van der Waals surface area contributed by atoms with Gasteiger partial charge in [0.1, 0.15) is 6.04 Å². The van der Waals surface area contributed by atoms with Gasteiger partial charge in [-0.2, -0.15) is 0 Å². The van der Waals surface area contributed by atoms with Gasteiger partial charge in [0.05, 0.1) is 6.54 Å². The van der Waals surface area contributed by atoms with Gasteiger partial charge >= 0.3 is 5.97 Å². The van der Waals surface area contributed by atoms with Crippen molar-refractivity contribution in [3.05, 3.63) is 29.8 Å². The minimum atomic E-state index is -0.973. The lowest BCUT2D eigenvalue weighted by Crippen LogP contribution is -2.58. The van der Waals surface area contributed by atoms with Crippen LogP contribution in [0.1, 0.15) is 12.5 Å². The molecule has 1 heterocycles. The number of nitrogens with zero attached hydrogens (tertiary/aromatic N) is 2. The van der Waals surface area contributed by atoms with Gasteiger partial charge < -0.3 is 5.11 Å². The quantitative estimate of drug-likeness (QED) is 0.882. The number of carbonyl (C=O) groups is 2. The highest BCUT2D eigenvalue weighted by Gasteiger charge is 2.36. The first-order valence-electron chi connectivity index (χ1n) is 6.35. The Morgan fingerprint density at radius 2 is 2.00 bits per heavy atom. The van der Waals surface area contributed by atoms with Crippen LogP contribution < -0.4 is 4.90 Å². The number of likely N-dealkylation sites (N-methyl/N-ethyl adjacent to an activating group) is 1. The van der Waals surface area contributed by atoms with E-state index in [4.69, 9.17) is 0 Å². The van der Waals surface area contributed by atoms with Crippen LogP contribution in [0.2, 0.25) is 0 Å². The molecule has 5 heteroatoms. The highest BCUT2D eigenvalue weighted by atomic mass is 16.4. The van der Waals surface area contributed by atoms with Crippen molar-refractivity contribution in [1.29, 1.82) is 0 Å². The first-order chi connectivity index (χ1) is 9.02. The van der Waals surface area contributed by atoms with Crippen LogP contribution in [-0.2, 0) is 16.0 Å². The van der Waals surface area contributed by atoms with Gasteiger partial charge in [-0.25, -0.2) is 4.79 Å². The summed E-state index contributed by atoms with van der Waals surface area (Å²) < 4.78 is 0. The molecule has 1 aromatic rings. The standard InChI is InChI=1S/C14H18N2O3/c1-3-10-4-6-11(7-5-10)16-12(14(18)19)8-15(2)9-13(16)17/h4-7,12H,3,8-9H2,1-2H3,(H,18,19). The minimum Gasteiger partial charge on any atom is -0.480 e. The lowest BCUT2D eigenvalue weighted by atomic mass is 10.1. The van der Waals surface area contributed by atoms with Crippen LogP contribution in [0.25, 0.3) is 0 Å². The molecule has 102 valence electrons. The number of carbonyl (C=O) groups excluding carboxylic acids is 1. The van der Waals surface area contributed by atoms with Crippen molar-refractivity contribution in [2.75, 3.05) is 25.0 Å². The van der Waals surface area contributed by atoms with Crippen LogP contribution in [0, 0.1) is 0 Å². The van der Waals surface area contributed by atoms with E-state index in [9.17, 15) is 14.7 Å². The average Bonchev–Trinajstić information content (AvgIpc) is 2.38. The number of carboxylic acids is 1. The Kier molecular flexibility index (Phi) is 3.85. The van der Waals surface area contributed by atoms with Gasteiger partial charge in [0.25, 0.3) is 0 Å². The molecule has 1 unspecified atom stereocenters. The van der Waals surface area contributed by atoms with Gasteiger partial charge in [-0.15, -0.1) is 0 Å². The molecule has 0 bridgehead atoms. The number of carboxylic acid groups (broad SMARTS) is 1. The lowest BCUT2D eigenvalue weighted by Gasteiger charge is -2.37. The second kappa shape index (κ2) is 5.40. The zero-order chi connectivity index (χ0) is 14.0. The van der Waals surface area contributed by atoms with Crippen LogP contribution >= 0.6 is 0 Å².